The van der Waals surface area contributed by atoms with E-state index in [0.717, 1.165) is 4.68 Å². The Kier molecular flexibility index (Phi) is 7.03. The molecular weight excluding hydrogens is 575 g/mol. The first-order valence-corrected chi connectivity index (χ1v) is 11.4. The Morgan fingerprint density at radius 2 is 1.82 bits per heavy atom. The third-order valence-electron chi connectivity index (χ3n) is 4.58. The topological polar surface area (TPSA) is 106 Å². The number of anilines is 1. The predicted octanol–water partition coefficient (Wildman–Crippen LogP) is 4.25. The van der Waals surface area contributed by atoms with E-state index in [1.54, 1.807) is 42.5 Å². The van der Waals surface area contributed by atoms with Crippen LogP contribution in [0.5, 0.6) is 5.75 Å². The third-order valence-corrected chi connectivity index (χ3v) is 5.76. The number of halogens is 3. The van der Waals surface area contributed by atoms with E-state index in [1.165, 1.54) is 24.4 Å². The van der Waals surface area contributed by atoms with Gasteiger partial charge in [0, 0.05) is 5.69 Å². The highest BCUT2D eigenvalue weighted by atomic mass is 79.9. The third kappa shape index (κ3) is 5.32. The number of para-hydroxylation sites is 1. The average molecular weight is 590 g/mol. The highest BCUT2D eigenvalue weighted by molar-refractivity contribution is 9.11. The first-order valence-electron chi connectivity index (χ1n) is 9.77. The molecule has 0 atom stereocenters. The molecule has 2 N–H and O–H groups in total. The van der Waals surface area contributed by atoms with Gasteiger partial charge < -0.3 is 15.0 Å². The van der Waals surface area contributed by atoms with Crippen molar-refractivity contribution in [2.75, 3.05) is 11.9 Å². The van der Waals surface area contributed by atoms with E-state index < -0.39 is 23.0 Å². The normalized spacial score (nSPS) is 11.1. The van der Waals surface area contributed by atoms with Gasteiger partial charge in [-0.1, -0.05) is 18.2 Å². The zero-order chi connectivity index (χ0) is 24.2. The summed E-state index contributed by atoms with van der Waals surface area (Å²) in [5, 5.41) is 6.90. The Hall–Kier alpha value is -3.57. The second-order valence-electron chi connectivity index (χ2n) is 7.00. The smallest absolute Gasteiger partial charge is 0.349 e. The Bertz CT molecular complexity index is 1530. The van der Waals surface area contributed by atoms with Gasteiger partial charge in [-0.2, -0.15) is 5.10 Å². The number of hydrogen-bond acceptors (Lipinski definition) is 5. The summed E-state index contributed by atoms with van der Waals surface area (Å²) in [6, 6.07) is 15.5. The number of carbonyl (C=O) groups is 1. The van der Waals surface area contributed by atoms with Crippen molar-refractivity contribution in [1.29, 1.82) is 0 Å². The molecule has 1 amide bonds. The molecular formula is C23H15Br2FN4O4. The van der Waals surface area contributed by atoms with E-state index >= 15 is 0 Å². The molecule has 0 saturated carbocycles. The van der Waals surface area contributed by atoms with E-state index in [2.05, 4.69) is 47.3 Å². The molecule has 4 aromatic rings. The number of benzene rings is 3. The van der Waals surface area contributed by atoms with E-state index in [0.29, 0.717) is 36.8 Å². The zero-order valence-corrected chi connectivity index (χ0v) is 20.4. The number of H-pyrrole nitrogens is 1. The maximum absolute atomic E-state index is 13.3. The van der Waals surface area contributed by atoms with Crippen LogP contribution in [0.25, 0.3) is 10.9 Å². The molecule has 0 fully saturated rings. The summed E-state index contributed by atoms with van der Waals surface area (Å²) < 4.78 is 20.6. The van der Waals surface area contributed by atoms with Gasteiger partial charge in [-0.25, -0.2) is 9.18 Å². The largest absolute Gasteiger partial charge is 0.481 e. The Balaban J connectivity index is 1.50. The molecule has 1 aromatic heterocycles. The summed E-state index contributed by atoms with van der Waals surface area (Å²) in [6.07, 6.45) is 1.35. The lowest BCUT2D eigenvalue weighted by Crippen LogP contribution is -2.32. The van der Waals surface area contributed by atoms with Crippen LogP contribution in [-0.2, 0) is 4.79 Å². The standard InChI is InChI=1S/C23H15Br2FN4O4/c24-17-8-13(11-27-30-22(32)16-6-1-2-7-19(16)29-23(30)33)9-18(25)21(17)34-12-20(31)28-15-5-3-4-14(26)10-15/h1-11H,12H2,(H,28,31)(H,29,33). The average Bonchev–Trinajstić information content (AvgIpc) is 2.78. The molecule has 0 radical (unpaired) electrons. The number of aromatic amines is 1. The van der Waals surface area contributed by atoms with Crippen LogP contribution in [0.4, 0.5) is 10.1 Å². The number of nitrogens with one attached hydrogen (secondary N) is 2. The first kappa shape index (κ1) is 23.6. The number of hydrogen-bond donors (Lipinski definition) is 2. The van der Waals surface area contributed by atoms with Crippen molar-refractivity contribution in [2.24, 2.45) is 5.10 Å². The van der Waals surface area contributed by atoms with Crippen molar-refractivity contribution < 1.29 is 13.9 Å². The maximum atomic E-state index is 13.3. The maximum Gasteiger partial charge on any atom is 0.349 e. The molecule has 8 nitrogen and oxygen atoms in total. The van der Waals surface area contributed by atoms with Crippen LogP contribution < -0.4 is 21.3 Å². The lowest BCUT2D eigenvalue weighted by atomic mass is 10.2. The second-order valence-corrected chi connectivity index (χ2v) is 8.71. The number of rotatable bonds is 6. The van der Waals surface area contributed by atoms with Gasteiger partial charge in [0.2, 0.25) is 0 Å². The fourth-order valence-corrected chi connectivity index (χ4v) is 4.53. The van der Waals surface area contributed by atoms with Crippen LogP contribution in [0.3, 0.4) is 0 Å². The van der Waals surface area contributed by atoms with Crippen molar-refractivity contribution >= 4 is 60.6 Å². The molecule has 4 rings (SSSR count). The number of ether oxygens (including phenoxy) is 1. The number of fused-ring (bicyclic) bond motifs is 1. The quantitative estimate of drug-likeness (QED) is 0.328. The molecule has 3 aromatic carbocycles. The minimum Gasteiger partial charge on any atom is -0.481 e. The first-order chi connectivity index (χ1) is 16.3. The fraction of sp³-hybridized carbons (Fsp3) is 0.0435. The number of amides is 1. The van der Waals surface area contributed by atoms with E-state index in [1.807, 2.05) is 0 Å². The van der Waals surface area contributed by atoms with Gasteiger partial charge >= 0.3 is 5.69 Å². The number of carbonyl (C=O) groups excluding carboxylic acids is 1. The Labute approximate surface area is 208 Å². The minimum atomic E-state index is -0.664. The van der Waals surface area contributed by atoms with Gasteiger partial charge in [-0.15, -0.1) is 4.68 Å². The molecule has 0 bridgehead atoms. The zero-order valence-electron chi connectivity index (χ0n) is 17.2. The van der Waals surface area contributed by atoms with E-state index in [4.69, 9.17) is 4.74 Å². The Morgan fingerprint density at radius 1 is 1.09 bits per heavy atom. The van der Waals surface area contributed by atoms with Crippen LogP contribution in [0, 0.1) is 5.82 Å². The molecule has 0 aliphatic rings. The Morgan fingerprint density at radius 3 is 2.56 bits per heavy atom. The van der Waals surface area contributed by atoms with Crippen molar-refractivity contribution in [2.45, 2.75) is 0 Å². The molecule has 0 saturated heterocycles. The molecule has 0 unspecified atom stereocenters. The summed E-state index contributed by atoms with van der Waals surface area (Å²) in [5.74, 6) is -0.577. The van der Waals surface area contributed by atoms with E-state index in [9.17, 15) is 18.8 Å². The molecule has 1 heterocycles. The minimum absolute atomic E-state index is 0.316. The van der Waals surface area contributed by atoms with Gasteiger partial charge in [-0.3, -0.25) is 9.59 Å². The molecule has 11 heteroatoms. The lowest BCUT2D eigenvalue weighted by Gasteiger charge is -2.11. The van der Waals surface area contributed by atoms with Gasteiger partial charge in [0.25, 0.3) is 11.5 Å². The SMILES string of the molecule is O=C(COc1c(Br)cc(C=Nn2c(=O)[nH]c3ccccc3c2=O)cc1Br)Nc1cccc(F)c1. The van der Waals surface area contributed by atoms with Gasteiger partial charge in [0.1, 0.15) is 11.6 Å². The van der Waals surface area contributed by atoms with Gasteiger partial charge in [0.15, 0.2) is 6.61 Å². The highest BCUT2D eigenvalue weighted by Gasteiger charge is 2.12. The highest BCUT2D eigenvalue weighted by Crippen LogP contribution is 2.34. The van der Waals surface area contributed by atoms with Crippen LogP contribution in [0.2, 0.25) is 0 Å². The van der Waals surface area contributed by atoms with Crippen LogP contribution in [-0.4, -0.2) is 28.4 Å². The summed E-state index contributed by atoms with van der Waals surface area (Å²) in [6.45, 7) is -0.316. The fourth-order valence-electron chi connectivity index (χ4n) is 3.08. The van der Waals surface area contributed by atoms with Crippen LogP contribution in [0.15, 0.2) is 84.3 Å². The van der Waals surface area contributed by atoms with Crippen molar-refractivity contribution in [3.63, 3.8) is 0 Å². The van der Waals surface area contributed by atoms with Crippen molar-refractivity contribution in [3.8, 4) is 5.75 Å². The van der Waals surface area contributed by atoms with Gasteiger partial charge in [-0.05, 0) is 79.9 Å². The number of nitrogens with zero attached hydrogens (tertiary/aromatic N) is 2. The predicted molar refractivity (Wildman–Crippen MR) is 134 cm³/mol. The molecule has 0 spiro atoms. The van der Waals surface area contributed by atoms with Crippen molar-refractivity contribution in [1.82, 2.24) is 9.66 Å². The number of aromatic nitrogens is 2. The van der Waals surface area contributed by atoms with Crippen LogP contribution in [0.1, 0.15) is 5.56 Å². The summed E-state index contributed by atoms with van der Waals surface area (Å²) in [7, 11) is 0. The monoisotopic (exact) mass is 588 g/mol. The summed E-state index contributed by atoms with van der Waals surface area (Å²) in [4.78, 5) is 39.6. The molecule has 34 heavy (non-hydrogen) atoms. The molecule has 0 aliphatic heterocycles. The lowest BCUT2D eigenvalue weighted by molar-refractivity contribution is -0.118. The molecule has 0 aliphatic carbocycles. The van der Waals surface area contributed by atoms with Crippen molar-refractivity contribution in [3.05, 3.63) is 102 Å². The van der Waals surface area contributed by atoms with Crippen LogP contribution >= 0.6 is 31.9 Å². The van der Waals surface area contributed by atoms with Gasteiger partial charge in [0.05, 0.1) is 26.1 Å². The second kappa shape index (κ2) is 10.1. The van der Waals surface area contributed by atoms with E-state index in [-0.39, 0.29) is 6.61 Å². The summed E-state index contributed by atoms with van der Waals surface area (Å²) in [5.41, 5.74) is 0.0877. The molecule has 172 valence electrons. The summed E-state index contributed by atoms with van der Waals surface area (Å²) >= 11 is 6.76.